The highest BCUT2D eigenvalue weighted by Crippen LogP contribution is 2.25. The normalized spacial score (nSPS) is 10.5. The van der Waals surface area contributed by atoms with Gasteiger partial charge < -0.3 is 10.7 Å². The Bertz CT molecular complexity index is 510. The van der Waals surface area contributed by atoms with E-state index in [1.807, 2.05) is 6.07 Å². The molecule has 13 heavy (non-hydrogen) atoms. The first-order valence-electron chi connectivity index (χ1n) is 3.75. The third kappa shape index (κ3) is 1.23. The Morgan fingerprint density at radius 2 is 2.15 bits per heavy atom. The molecule has 0 saturated carbocycles. The van der Waals surface area contributed by atoms with Gasteiger partial charge in [0.25, 0.3) is 5.56 Å². The molecule has 2 rings (SSSR count). The summed E-state index contributed by atoms with van der Waals surface area (Å²) >= 11 is 3.35. The van der Waals surface area contributed by atoms with E-state index < -0.39 is 0 Å². The summed E-state index contributed by atoms with van der Waals surface area (Å²) in [5.74, 6) is 0. The molecule has 0 radical (unpaired) electrons. The molecule has 0 unspecified atom stereocenters. The quantitative estimate of drug-likeness (QED) is 0.737. The van der Waals surface area contributed by atoms with Gasteiger partial charge in [-0.05, 0) is 12.1 Å². The molecule has 0 aliphatic rings. The lowest BCUT2D eigenvalue weighted by Gasteiger charge is -2.02. The van der Waals surface area contributed by atoms with Crippen molar-refractivity contribution in [3.63, 3.8) is 0 Å². The molecule has 0 fully saturated rings. The average molecular weight is 239 g/mol. The van der Waals surface area contributed by atoms with Crippen molar-refractivity contribution in [1.82, 2.24) is 4.98 Å². The lowest BCUT2D eigenvalue weighted by atomic mass is 10.1. The molecule has 2 aromatic rings. The molecule has 0 atom stereocenters. The number of pyridine rings is 1. The van der Waals surface area contributed by atoms with Crippen LogP contribution >= 0.6 is 15.9 Å². The van der Waals surface area contributed by atoms with E-state index in [9.17, 15) is 4.79 Å². The topological polar surface area (TPSA) is 58.9 Å². The number of anilines is 1. The first-order chi connectivity index (χ1) is 6.20. The van der Waals surface area contributed by atoms with Gasteiger partial charge >= 0.3 is 0 Å². The number of benzene rings is 1. The molecule has 0 aliphatic carbocycles. The minimum Gasteiger partial charge on any atom is -0.397 e. The molecule has 1 heterocycles. The molecule has 0 bridgehead atoms. The van der Waals surface area contributed by atoms with Gasteiger partial charge in [-0.1, -0.05) is 22.0 Å². The lowest BCUT2D eigenvalue weighted by Crippen LogP contribution is -2.06. The maximum Gasteiger partial charge on any atom is 0.255 e. The van der Waals surface area contributed by atoms with Crippen molar-refractivity contribution in [2.45, 2.75) is 0 Å². The first-order valence-corrected chi connectivity index (χ1v) is 4.55. The first kappa shape index (κ1) is 8.31. The third-order valence-electron chi connectivity index (χ3n) is 1.91. The van der Waals surface area contributed by atoms with Crippen LogP contribution in [0.4, 0.5) is 5.69 Å². The summed E-state index contributed by atoms with van der Waals surface area (Å²) in [4.78, 5) is 13.9. The number of aromatic nitrogens is 1. The van der Waals surface area contributed by atoms with Gasteiger partial charge in [-0.2, -0.15) is 0 Å². The molecule has 66 valence electrons. The van der Waals surface area contributed by atoms with Crippen molar-refractivity contribution in [1.29, 1.82) is 0 Å². The van der Waals surface area contributed by atoms with E-state index in [4.69, 9.17) is 5.73 Å². The fourth-order valence-electron chi connectivity index (χ4n) is 1.30. The molecule has 0 spiro atoms. The van der Waals surface area contributed by atoms with Crippen LogP contribution in [0.15, 0.2) is 33.7 Å². The van der Waals surface area contributed by atoms with Crippen LogP contribution in [0.3, 0.4) is 0 Å². The van der Waals surface area contributed by atoms with Crippen LogP contribution in [-0.2, 0) is 0 Å². The number of aromatic amines is 1. The minimum absolute atomic E-state index is 0.120. The number of nitrogen functional groups attached to an aromatic ring is 1. The summed E-state index contributed by atoms with van der Waals surface area (Å²) in [7, 11) is 0. The summed E-state index contributed by atoms with van der Waals surface area (Å²) in [6, 6.07) is 5.41. The molecule has 1 aromatic carbocycles. The van der Waals surface area contributed by atoms with Gasteiger partial charge in [0, 0.05) is 16.1 Å². The van der Waals surface area contributed by atoms with E-state index in [1.165, 1.54) is 6.20 Å². The second kappa shape index (κ2) is 2.88. The predicted octanol–water partition coefficient (Wildman–Crippen LogP) is 1.87. The van der Waals surface area contributed by atoms with Crippen molar-refractivity contribution in [3.8, 4) is 0 Å². The maximum absolute atomic E-state index is 11.4. The smallest absolute Gasteiger partial charge is 0.255 e. The van der Waals surface area contributed by atoms with Crippen LogP contribution in [0.25, 0.3) is 10.8 Å². The van der Waals surface area contributed by atoms with Crippen LogP contribution in [0.2, 0.25) is 0 Å². The van der Waals surface area contributed by atoms with Crippen molar-refractivity contribution in [2.75, 3.05) is 5.73 Å². The van der Waals surface area contributed by atoms with Crippen LogP contribution in [0.5, 0.6) is 0 Å². The van der Waals surface area contributed by atoms with Crippen molar-refractivity contribution >= 4 is 32.4 Å². The molecule has 0 saturated heterocycles. The van der Waals surface area contributed by atoms with E-state index in [0.29, 0.717) is 11.1 Å². The zero-order chi connectivity index (χ0) is 9.42. The van der Waals surface area contributed by atoms with E-state index >= 15 is 0 Å². The summed E-state index contributed by atoms with van der Waals surface area (Å²) in [6.45, 7) is 0. The van der Waals surface area contributed by atoms with Gasteiger partial charge in [-0.15, -0.1) is 0 Å². The van der Waals surface area contributed by atoms with Gasteiger partial charge in [0.15, 0.2) is 0 Å². The molecule has 0 amide bonds. The summed E-state index contributed by atoms with van der Waals surface area (Å²) < 4.78 is 0.841. The zero-order valence-electron chi connectivity index (χ0n) is 6.67. The average Bonchev–Trinajstić information content (AvgIpc) is 2.12. The number of hydrogen-bond acceptors (Lipinski definition) is 2. The molecule has 0 aliphatic heterocycles. The Labute approximate surface area is 82.7 Å². The van der Waals surface area contributed by atoms with Crippen LogP contribution in [0, 0.1) is 0 Å². The fraction of sp³-hybridized carbons (Fsp3) is 0. The molecule has 1 aromatic heterocycles. The fourth-order valence-corrected chi connectivity index (χ4v) is 1.90. The Morgan fingerprint density at radius 1 is 1.38 bits per heavy atom. The van der Waals surface area contributed by atoms with Crippen molar-refractivity contribution < 1.29 is 0 Å². The second-order valence-corrected chi connectivity index (χ2v) is 3.59. The molecule has 4 heteroatoms. The van der Waals surface area contributed by atoms with Crippen LogP contribution in [-0.4, -0.2) is 4.98 Å². The maximum atomic E-state index is 11.4. The Hall–Kier alpha value is -1.29. The number of fused-ring (bicyclic) bond motifs is 1. The van der Waals surface area contributed by atoms with Gasteiger partial charge in [-0.25, -0.2) is 0 Å². The standard InChI is InChI=1S/C9H7BrN2O/c10-6-3-1-2-5-8(6)7(11)4-12-9(5)13/h1-4H,11H2,(H,12,13). The van der Waals surface area contributed by atoms with Gasteiger partial charge in [0.05, 0.1) is 11.1 Å². The monoisotopic (exact) mass is 238 g/mol. The van der Waals surface area contributed by atoms with Crippen LogP contribution < -0.4 is 11.3 Å². The predicted molar refractivity (Wildman–Crippen MR) is 56.7 cm³/mol. The van der Waals surface area contributed by atoms with E-state index in [2.05, 4.69) is 20.9 Å². The highest BCUT2D eigenvalue weighted by atomic mass is 79.9. The Morgan fingerprint density at radius 3 is 2.85 bits per heavy atom. The second-order valence-electron chi connectivity index (χ2n) is 2.74. The zero-order valence-corrected chi connectivity index (χ0v) is 8.26. The number of nitrogens with two attached hydrogens (primary N) is 1. The number of nitrogens with one attached hydrogen (secondary N) is 1. The number of rotatable bonds is 0. The SMILES string of the molecule is Nc1c[nH]c(=O)c2cccc(Br)c12. The molecule has 3 N–H and O–H groups in total. The Kier molecular flexibility index (Phi) is 1.84. The molecular weight excluding hydrogens is 232 g/mol. The number of hydrogen-bond donors (Lipinski definition) is 2. The highest BCUT2D eigenvalue weighted by Gasteiger charge is 2.04. The Balaban J connectivity index is 3.09. The van der Waals surface area contributed by atoms with Gasteiger partial charge in [0.2, 0.25) is 0 Å². The molecule has 3 nitrogen and oxygen atoms in total. The van der Waals surface area contributed by atoms with E-state index in [0.717, 1.165) is 9.86 Å². The minimum atomic E-state index is -0.120. The highest BCUT2D eigenvalue weighted by molar-refractivity contribution is 9.10. The molecular formula is C9H7BrN2O. The number of H-pyrrole nitrogens is 1. The summed E-state index contributed by atoms with van der Waals surface area (Å²) in [5.41, 5.74) is 6.18. The third-order valence-corrected chi connectivity index (χ3v) is 2.57. The largest absolute Gasteiger partial charge is 0.397 e. The summed E-state index contributed by atoms with van der Waals surface area (Å²) in [6.07, 6.45) is 1.51. The summed E-state index contributed by atoms with van der Waals surface area (Å²) in [5, 5.41) is 1.38. The van der Waals surface area contributed by atoms with E-state index in [1.54, 1.807) is 12.1 Å². The van der Waals surface area contributed by atoms with Gasteiger partial charge in [0.1, 0.15) is 0 Å². The van der Waals surface area contributed by atoms with E-state index in [-0.39, 0.29) is 5.56 Å². The van der Waals surface area contributed by atoms with Crippen LogP contribution in [0.1, 0.15) is 0 Å². The van der Waals surface area contributed by atoms with Gasteiger partial charge in [-0.3, -0.25) is 4.79 Å². The lowest BCUT2D eigenvalue weighted by molar-refractivity contribution is 1.28. The van der Waals surface area contributed by atoms with Crippen molar-refractivity contribution in [3.05, 3.63) is 39.2 Å². The number of halogens is 1. The van der Waals surface area contributed by atoms with Crippen molar-refractivity contribution in [2.24, 2.45) is 0 Å².